The summed E-state index contributed by atoms with van der Waals surface area (Å²) in [5, 5.41) is 14.9. The number of ether oxygens (including phenoxy) is 1. The predicted octanol–water partition coefficient (Wildman–Crippen LogP) is 5.77. The van der Waals surface area contributed by atoms with Crippen LogP contribution in [0.5, 0.6) is 5.75 Å². The molecule has 0 spiro atoms. The number of hydrogen-bond acceptors (Lipinski definition) is 4. The summed E-state index contributed by atoms with van der Waals surface area (Å²) in [6, 6.07) is 17.8. The maximum absolute atomic E-state index is 13.1. The van der Waals surface area contributed by atoms with Crippen molar-refractivity contribution in [3.63, 3.8) is 0 Å². The molecule has 0 unspecified atom stereocenters. The van der Waals surface area contributed by atoms with Gasteiger partial charge in [0.05, 0.1) is 0 Å². The third kappa shape index (κ3) is 6.77. The summed E-state index contributed by atoms with van der Waals surface area (Å²) in [7, 11) is 0. The SMILES string of the molecule is Cc1ccc(NC(=O)COc2ccc(Br)cc2/C=C(\C#N)C(=O)Nc2ccc(F)cc2)c(C)c1. The summed E-state index contributed by atoms with van der Waals surface area (Å²) in [6.45, 7) is 3.61. The molecule has 0 aliphatic rings. The summed E-state index contributed by atoms with van der Waals surface area (Å²) < 4.78 is 19.5. The van der Waals surface area contributed by atoms with E-state index in [0.29, 0.717) is 27.2 Å². The maximum atomic E-state index is 13.1. The van der Waals surface area contributed by atoms with Crippen LogP contribution in [0.3, 0.4) is 0 Å². The van der Waals surface area contributed by atoms with Gasteiger partial charge in [-0.1, -0.05) is 33.6 Å². The molecule has 0 atom stereocenters. The van der Waals surface area contributed by atoms with E-state index in [-0.39, 0.29) is 18.1 Å². The minimum Gasteiger partial charge on any atom is -0.483 e. The second-order valence-electron chi connectivity index (χ2n) is 7.47. The average Bonchev–Trinajstić information content (AvgIpc) is 2.80. The zero-order valence-corrected chi connectivity index (χ0v) is 20.1. The lowest BCUT2D eigenvalue weighted by Crippen LogP contribution is -2.21. The molecule has 0 bridgehead atoms. The Morgan fingerprint density at radius 3 is 2.47 bits per heavy atom. The topological polar surface area (TPSA) is 91.2 Å². The first-order valence-electron chi connectivity index (χ1n) is 10.2. The highest BCUT2D eigenvalue weighted by molar-refractivity contribution is 9.10. The number of carbonyl (C=O) groups is 2. The molecule has 6 nitrogen and oxygen atoms in total. The molecule has 0 aliphatic heterocycles. The van der Waals surface area contributed by atoms with E-state index >= 15 is 0 Å². The average molecular weight is 522 g/mol. The van der Waals surface area contributed by atoms with Gasteiger partial charge in [0, 0.05) is 21.4 Å². The third-order valence-corrected chi connectivity index (χ3v) is 5.25. The molecule has 0 saturated heterocycles. The number of nitrogens with one attached hydrogen (secondary N) is 2. The Morgan fingerprint density at radius 1 is 1.06 bits per heavy atom. The molecular weight excluding hydrogens is 501 g/mol. The van der Waals surface area contributed by atoms with Gasteiger partial charge >= 0.3 is 0 Å². The van der Waals surface area contributed by atoms with E-state index in [4.69, 9.17) is 4.74 Å². The number of nitriles is 1. The first-order chi connectivity index (χ1) is 16.2. The van der Waals surface area contributed by atoms with Gasteiger partial charge in [0.1, 0.15) is 23.2 Å². The number of amides is 2. The number of hydrogen-bond donors (Lipinski definition) is 2. The van der Waals surface area contributed by atoms with Gasteiger partial charge in [-0.3, -0.25) is 9.59 Å². The molecular formula is C26H21BrFN3O3. The highest BCUT2D eigenvalue weighted by Gasteiger charge is 2.13. The smallest absolute Gasteiger partial charge is 0.266 e. The molecule has 2 N–H and O–H groups in total. The zero-order chi connectivity index (χ0) is 24.7. The summed E-state index contributed by atoms with van der Waals surface area (Å²) in [6.07, 6.45) is 1.36. The van der Waals surface area contributed by atoms with E-state index in [1.165, 1.54) is 30.3 Å². The molecule has 0 fully saturated rings. The molecule has 0 radical (unpaired) electrons. The molecule has 0 heterocycles. The summed E-state index contributed by atoms with van der Waals surface area (Å²) in [4.78, 5) is 25.0. The van der Waals surface area contributed by atoms with Crippen LogP contribution < -0.4 is 15.4 Å². The van der Waals surface area contributed by atoms with Crippen LogP contribution in [0.15, 0.2) is 70.7 Å². The van der Waals surface area contributed by atoms with Crippen LogP contribution in [-0.2, 0) is 9.59 Å². The molecule has 3 aromatic carbocycles. The fourth-order valence-electron chi connectivity index (χ4n) is 3.08. The van der Waals surface area contributed by atoms with Gasteiger partial charge in [-0.15, -0.1) is 0 Å². The molecule has 2 amide bonds. The molecule has 172 valence electrons. The van der Waals surface area contributed by atoms with Gasteiger partial charge in [-0.05, 0) is 74.0 Å². The van der Waals surface area contributed by atoms with Gasteiger partial charge < -0.3 is 15.4 Å². The van der Waals surface area contributed by atoms with Crippen molar-refractivity contribution in [1.29, 1.82) is 5.26 Å². The maximum Gasteiger partial charge on any atom is 0.266 e. The highest BCUT2D eigenvalue weighted by atomic mass is 79.9. The lowest BCUT2D eigenvalue weighted by Gasteiger charge is -2.12. The second-order valence-corrected chi connectivity index (χ2v) is 8.38. The standard InChI is InChI=1S/C26H21BrFN3O3/c1-16-3-9-23(17(2)11-16)31-25(32)15-34-24-10-4-20(27)13-18(24)12-19(14-29)26(33)30-22-7-5-21(28)6-8-22/h3-13H,15H2,1-2H3,(H,30,33)(H,31,32)/b19-12+. The lowest BCUT2D eigenvalue weighted by atomic mass is 10.1. The molecule has 3 aromatic rings. The number of nitrogens with zero attached hydrogens (tertiary/aromatic N) is 1. The van der Waals surface area contributed by atoms with Crippen LogP contribution in [-0.4, -0.2) is 18.4 Å². The van der Waals surface area contributed by atoms with E-state index in [1.807, 2.05) is 38.1 Å². The van der Waals surface area contributed by atoms with E-state index in [9.17, 15) is 19.2 Å². The minimum absolute atomic E-state index is 0.188. The lowest BCUT2D eigenvalue weighted by molar-refractivity contribution is -0.118. The fourth-order valence-corrected chi connectivity index (χ4v) is 3.46. The molecule has 34 heavy (non-hydrogen) atoms. The van der Waals surface area contributed by atoms with E-state index < -0.39 is 11.7 Å². The van der Waals surface area contributed by atoms with Gasteiger partial charge in [0.25, 0.3) is 11.8 Å². The molecule has 0 aliphatic carbocycles. The molecule has 0 saturated carbocycles. The Kier molecular flexibility index (Phi) is 8.17. The summed E-state index contributed by atoms with van der Waals surface area (Å²) >= 11 is 3.36. The van der Waals surface area contributed by atoms with Crippen molar-refractivity contribution in [2.45, 2.75) is 13.8 Å². The van der Waals surface area contributed by atoms with Crippen molar-refractivity contribution in [1.82, 2.24) is 0 Å². The largest absolute Gasteiger partial charge is 0.483 e. The Hall–Kier alpha value is -3.96. The van der Waals surface area contributed by atoms with E-state index in [2.05, 4.69) is 26.6 Å². The monoisotopic (exact) mass is 521 g/mol. The molecule has 3 rings (SSSR count). The predicted molar refractivity (Wildman–Crippen MR) is 133 cm³/mol. The Labute approximate surface area is 205 Å². The van der Waals surface area contributed by atoms with Crippen LogP contribution in [0.1, 0.15) is 16.7 Å². The number of anilines is 2. The third-order valence-electron chi connectivity index (χ3n) is 4.75. The van der Waals surface area contributed by atoms with Gasteiger partial charge in [-0.25, -0.2) is 4.39 Å². The van der Waals surface area contributed by atoms with Crippen LogP contribution in [0.25, 0.3) is 6.08 Å². The minimum atomic E-state index is -0.660. The first kappa shape index (κ1) is 24.7. The van der Waals surface area contributed by atoms with Crippen LogP contribution in [0.2, 0.25) is 0 Å². The Balaban J connectivity index is 1.74. The Bertz CT molecular complexity index is 1300. The quantitative estimate of drug-likeness (QED) is 0.305. The van der Waals surface area contributed by atoms with Crippen molar-refractivity contribution < 1.29 is 18.7 Å². The van der Waals surface area contributed by atoms with Crippen molar-refractivity contribution in [3.05, 3.63) is 93.2 Å². The molecule has 0 aromatic heterocycles. The normalized spacial score (nSPS) is 10.9. The van der Waals surface area contributed by atoms with Crippen molar-refractivity contribution in [3.8, 4) is 11.8 Å². The van der Waals surface area contributed by atoms with Crippen LogP contribution in [0.4, 0.5) is 15.8 Å². The highest BCUT2D eigenvalue weighted by Crippen LogP contribution is 2.26. The van der Waals surface area contributed by atoms with Gasteiger partial charge in [0.2, 0.25) is 0 Å². The number of halogens is 2. The number of rotatable bonds is 7. The van der Waals surface area contributed by atoms with Crippen molar-refractivity contribution in [2.75, 3.05) is 17.2 Å². The number of carbonyl (C=O) groups excluding carboxylic acids is 2. The summed E-state index contributed by atoms with van der Waals surface area (Å²) in [5.41, 5.74) is 3.31. The fraction of sp³-hybridized carbons (Fsp3) is 0.115. The van der Waals surface area contributed by atoms with E-state index in [1.54, 1.807) is 18.2 Å². The van der Waals surface area contributed by atoms with E-state index in [0.717, 1.165) is 11.1 Å². The van der Waals surface area contributed by atoms with Gasteiger partial charge in [-0.2, -0.15) is 5.26 Å². The second kappa shape index (κ2) is 11.3. The molecule has 8 heteroatoms. The van der Waals surface area contributed by atoms with Crippen molar-refractivity contribution >= 4 is 45.2 Å². The summed E-state index contributed by atoms with van der Waals surface area (Å²) in [5.74, 6) is -1.13. The van der Waals surface area contributed by atoms with Crippen molar-refractivity contribution in [2.24, 2.45) is 0 Å². The van der Waals surface area contributed by atoms with Crippen LogP contribution >= 0.6 is 15.9 Å². The first-order valence-corrected chi connectivity index (χ1v) is 11.0. The zero-order valence-electron chi connectivity index (χ0n) is 18.5. The Morgan fingerprint density at radius 2 is 1.79 bits per heavy atom. The van der Waals surface area contributed by atoms with Gasteiger partial charge in [0.15, 0.2) is 6.61 Å². The van der Waals surface area contributed by atoms with Crippen LogP contribution in [0, 0.1) is 31.0 Å². The number of aryl methyl sites for hydroxylation is 2. The number of benzene rings is 3.